The molecule has 1 atom stereocenters. The number of alkyl halides is 6. The summed E-state index contributed by atoms with van der Waals surface area (Å²) < 4.78 is 108. The molecule has 1 aliphatic heterocycles. The van der Waals surface area contributed by atoms with Crippen LogP contribution in [-0.4, -0.2) is 40.9 Å². The van der Waals surface area contributed by atoms with Crippen LogP contribution >= 0.6 is 0 Å². The molecular formula is C10H18F6N2O4S2. The maximum Gasteiger partial charge on any atom is 0.512 e. The Kier molecular flexibility index (Phi) is 8.45. The van der Waals surface area contributed by atoms with E-state index in [9.17, 15) is 43.2 Å². The van der Waals surface area contributed by atoms with Crippen molar-refractivity contribution in [3.8, 4) is 0 Å². The van der Waals surface area contributed by atoms with E-state index in [2.05, 4.69) is 12.2 Å². The van der Waals surface area contributed by atoms with E-state index >= 15 is 0 Å². The lowest BCUT2D eigenvalue weighted by Gasteiger charge is -2.11. The van der Waals surface area contributed by atoms with Gasteiger partial charge in [0.2, 0.25) is 0 Å². The molecule has 1 rings (SSSR count). The Hall–Kier alpha value is -0.600. The zero-order valence-corrected chi connectivity index (χ0v) is 14.2. The minimum atomic E-state index is -6.60. The molecule has 0 spiro atoms. The van der Waals surface area contributed by atoms with E-state index in [1.54, 1.807) is 0 Å². The van der Waals surface area contributed by atoms with Gasteiger partial charge in [0.1, 0.15) is 0 Å². The highest BCUT2D eigenvalue weighted by Gasteiger charge is 2.55. The Morgan fingerprint density at radius 3 is 1.75 bits per heavy atom. The van der Waals surface area contributed by atoms with E-state index < -0.39 is 35.2 Å². The molecule has 1 saturated heterocycles. The number of halogens is 6. The van der Waals surface area contributed by atoms with Gasteiger partial charge in [-0.05, 0) is 31.8 Å². The molecule has 146 valence electrons. The molecule has 0 radical (unpaired) electrons. The van der Waals surface area contributed by atoms with Gasteiger partial charge in [-0.25, -0.2) is 16.8 Å². The summed E-state index contributed by atoms with van der Waals surface area (Å²) in [5.41, 5.74) is -12.3. The fourth-order valence-corrected chi connectivity index (χ4v) is 3.60. The Morgan fingerprint density at radius 2 is 1.46 bits per heavy atom. The molecule has 0 aromatic rings. The lowest BCUT2D eigenvalue weighted by Crippen LogP contribution is -2.45. The van der Waals surface area contributed by atoms with Crippen molar-refractivity contribution in [2.45, 2.75) is 43.6 Å². The van der Waals surface area contributed by atoms with Crippen molar-refractivity contribution < 1.29 is 43.2 Å². The van der Waals surface area contributed by atoms with Crippen molar-refractivity contribution in [1.29, 1.82) is 0 Å². The van der Waals surface area contributed by atoms with E-state index in [0.29, 0.717) is 0 Å². The van der Waals surface area contributed by atoms with Crippen LogP contribution in [0.2, 0.25) is 0 Å². The van der Waals surface area contributed by atoms with Crippen LogP contribution < -0.4 is 9.44 Å². The maximum absolute atomic E-state index is 11.5. The van der Waals surface area contributed by atoms with Crippen molar-refractivity contribution >= 4 is 20.0 Å². The number of hydrogen-bond acceptors (Lipinski definition) is 5. The summed E-state index contributed by atoms with van der Waals surface area (Å²) in [7, 11) is -13.2. The van der Waals surface area contributed by atoms with E-state index in [-0.39, 0.29) is 0 Å². The monoisotopic (exact) mass is 408 g/mol. The maximum atomic E-state index is 11.5. The van der Waals surface area contributed by atoms with E-state index in [4.69, 9.17) is 0 Å². The topological polar surface area (TPSA) is 92.3 Å². The molecule has 0 aromatic heterocycles. The smallest absolute Gasteiger partial charge is 0.316 e. The number of hydrogen-bond donors (Lipinski definition) is 2. The van der Waals surface area contributed by atoms with Gasteiger partial charge < -0.3 is 5.32 Å². The first-order chi connectivity index (χ1) is 10.6. The molecule has 0 saturated carbocycles. The fourth-order valence-electron chi connectivity index (χ4n) is 1.69. The minimum Gasteiger partial charge on any atom is -0.316 e. The Morgan fingerprint density at radius 1 is 1.00 bits per heavy atom. The Bertz CT molecular complexity index is 537. The van der Waals surface area contributed by atoms with Crippen LogP contribution in [-0.2, 0) is 20.0 Å². The summed E-state index contributed by atoms with van der Waals surface area (Å²) >= 11 is 0. The normalized spacial score (nSPS) is 19.7. The molecule has 1 fully saturated rings. The summed E-state index contributed by atoms with van der Waals surface area (Å²) in [6.45, 7) is 4.80. The van der Waals surface area contributed by atoms with Crippen LogP contribution in [0.15, 0.2) is 0 Å². The average Bonchev–Trinajstić information content (AvgIpc) is 2.86. The highest BCUT2D eigenvalue weighted by atomic mass is 32.3. The van der Waals surface area contributed by atoms with Crippen LogP contribution in [0.5, 0.6) is 0 Å². The van der Waals surface area contributed by atoms with Gasteiger partial charge in [-0.1, -0.05) is 23.9 Å². The third-order valence-corrected chi connectivity index (χ3v) is 5.93. The van der Waals surface area contributed by atoms with Crippen molar-refractivity contribution in [2.24, 2.45) is 5.92 Å². The van der Waals surface area contributed by atoms with Gasteiger partial charge in [0, 0.05) is 0 Å². The summed E-state index contributed by atoms with van der Waals surface area (Å²) in [5, 5.41) is 3.38. The summed E-state index contributed by atoms with van der Waals surface area (Å²) in [6.07, 6.45) is 5.65. The third kappa shape index (κ3) is 7.53. The summed E-state index contributed by atoms with van der Waals surface area (Å²) in [6, 6.07) is 0. The van der Waals surface area contributed by atoms with Crippen molar-refractivity contribution in [3.63, 3.8) is 0 Å². The van der Waals surface area contributed by atoms with Crippen LogP contribution in [0.4, 0.5) is 26.3 Å². The highest BCUT2D eigenvalue weighted by Crippen LogP contribution is 2.27. The van der Waals surface area contributed by atoms with Crippen molar-refractivity contribution in [1.82, 2.24) is 9.44 Å². The first-order valence-corrected chi connectivity index (χ1v) is 9.72. The summed E-state index contributed by atoms with van der Waals surface area (Å²) in [5.74, 6) is 1.00. The molecule has 6 nitrogen and oxygen atoms in total. The predicted octanol–water partition coefficient (Wildman–Crippen LogP) is 2.06. The predicted molar refractivity (Wildman–Crippen MR) is 73.6 cm³/mol. The number of unbranched alkanes of at least 4 members (excludes halogenated alkanes) is 1. The fraction of sp³-hybridized carbons (Fsp3) is 1.00. The van der Waals surface area contributed by atoms with Gasteiger partial charge in [-0.15, -0.1) is 0 Å². The lowest BCUT2D eigenvalue weighted by molar-refractivity contribution is -0.0476. The zero-order valence-electron chi connectivity index (χ0n) is 12.5. The van der Waals surface area contributed by atoms with Crippen LogP contribution in [0.25, 0.3) is 0 Å². The van der Waals surface area contributed by atoms with Crippen LogP contribution in [0.3, 0.4) is 0 Å². The molecule has 14 heteroatoms. The largest absolute Gasteiger partial charge is 0.512 e. The van der Waals surface area contributed by atoms with Gasteiger partial charge in [-0.3, -0.25) is 0 Å². The number of rotatable bonds is 5. The van der Waals surface area contributed by atoms with Gasteiger partial charge in [-0.2, -0.15) is 26.3 Å². The van der Waals surface area contributed by atoms with Gasteiger partial charge in [0.05, 0.1) is 0 Å². The first-order valence-electron chi connectivity index (χ1n) is 6.76. The standard InChI is InChI=1S/C8H17N.C2HF6NO4S2/c1-2-3-4-8-5-6-9-7-8;3-1(4,5)14(10,11)9-15(12,13)2(6,7)8/h8-9H,2-7H2,1H3;9H. The average molecular weight is 408 g/mol. The molecule has 0 aliphatic carbocycles. The summed E-state index contributed by atoms with van der Waals surface area (Å²) in [4.78, 5) is 0. The third-order valence-electron chi connectivity index (χ3n) is 2.96. The van der Waals surface area contributed by atoms with E-state index in [0.717, 1.165) is 5.92 Å². The van der Waals surface area contributed by atoms with Crippen LogP contribution in [0.1, 0.15) is 32.6 Å². The SMILES string of the molecule is CCCCC1CCNC1.O=S(=O)(NS(=O)(=O)C(F)(F)F)C(F)(F)F. The van der Waals surface area contributed by atoms with Crippen molar-refractivity contribution in [2.75, 3.05) is 13.1 Å². The Labute approximate surface area is 136 Å². The second-order valence-corrected chi connectivity index (χ2v) is 8.59. The molecule has 24 heavy (non-hydrogen) atoms. The van der Waals surface area contributed by atoms with Gasteiger partial charge >= 0.3 is 31.1 Å². The second kappa shape index (κ2) is 8.67. The molecular weight excluding hydrogens is 390 g/mol. The number of sulfonamides is 2. The molecule has 1 aliphatic rings. The first kappa shape index (κ1) is 23.4. The zero-order chi connectivity index (χ0) is 19.2. The second-order valence-electron chi connectivity index (χ2n) is 4.98. The highest BCUT2D eigenvalue weighted by molar-refractivity contribution is 8.05. The van der Waals surface area contributed by atoms with E-state index in [1.807, 2.05) is 0 Å². The molecule has 0 aromatic carbocycles. The minimum absolute atomic E-state index is 0.493. The quantitative estimate of drug-likeness (QED) is 0.680. The molecule has 2 N–H and O–H groups in total. The van der Waals surface area contributed by atoms with E-state index in [1.165, 1.54) is 38.8 Å². The van der Waals surface area contributed by atoms with Gasteiger partial charge in [0.25, 0.3) is 0 Å². The molecule has 1 unspecified atom stereocenters. The van der Waals surface area contributed by atoms with Gasteiger partial charge in [0.15, 0.2) is 0 Å². The lowest BCUT2D eigenvalue weighted by atomic mass is 10.0. The Balaban J connectivity index is 0.000000496. The number of nitrogens with one attached hydrogen (secondary N) is 2. The molecule has 0 bridgehead atoms. The molecule has 0 amide bonds. The van der Waals surface area contributed by atoms with Crippen molar-refractivity contribution in [3.05, 3.63) is 0 Å². The van der Waals surface area contributed by atoms with Crippen LogP contribution in [0, 0.1) is 5.92 Å². The molecule has 1 heterocycles.